The van der Waals surface area contributed by atoms with Gasteiger partial charge in [-0.25, -0.2) is 8.78 Å². The molecule has 1 aromatic heterocycles. The summed E-state index contributed by atoms with van der Waals surface area (Å²) < 4.78 is 28.3. The molecule has 5 heteroatoms. The predicted molar refractivity (Wildman–Crippen MR) is 71.1 cm³/mol. The van der Waals surface area contributed by atoms with Gasteiger partial charge in [-0.1, -0.05) is 6.92 Å². The zero-order chi connectivity index (χ0) is 13.9. The molecule has 0 radical (unpaired) electrons. The van der Waals surface area contributed by atoms with Gasteiger partial charge in [-0.2, -0.15) is 5.10 Å². The Hall–Kier alpha value is -0.970. The van der Waals surface area contributed by atoms with Crippen LogP contribution in [0.1, 0.15) is 50.6 Å². The quantitative estimate of drug-likeness (QED) is 0.890. The molecule has 0 spiro atoms. The van der Waals surface area contributed by atoms with Crippen molar-refractivity contribution in [2.75, 3.05) is 6.54 Å². The van der Waals surface area contributed by atoms with Gasteiger partial charge >= 0.3 is 0 Å². The van der Waals surface area contributed by atoms with Crippen LogP contribution in [0.25, 0.3) is 0 Å². The van der Waals surface area contributed by atoms with Crippen molar-refractivity contribution in [1.29, 1.82) is 0 Å². The van der Waals surface area contributed by atoms with E-state index in [1.54, 1.807) is 4.68 Å². The second-order valence-corrected chi connectivity index (χ2v) is 5.57. The van der Waals surface area contributed by atoms with E-state index in [1.807, 2.05) is 19.4 Å². The highest BCUT2D eigenvalue weighted by molar-refractivity contribution is 5.12. The minimum atomic E-state index is -2.46. The van der Waals surface area contributed by atoms with Crippen LogP contribution in [0.4, 0.5) is 8.78 Å². The molecule has 0 bridgehead atoms. The lowest BCUT2D eigenvalue weighted by Crippen LogP contribution is -2.34. The standard InChI is InChI=1S/C14H23F2N3/c1-3-8-17-13(12-9-18-19(2)10-12)11-4-6-14(15,16)7-5-11/h9-11,13,17H,3-8H2,1-2H3. The summed E-state index contributed by atoms with van der Waals surface area (Å²) in [5.41, 5.74) is 1.12. The largest absolute Gasteiger partial charge is 0.310 e. The zero-order valence-electron chi connectivity index (χ0n) is 11.7. The lowest BCUT2D eigenvalue weighted by atomic mass is 9.80. The van der Waals surface area contributed by atoms with Gasteiger partial charge in [-0.3, -0.25) is 4.68 Å². The Kier molecular flexibility index (Phi) is 4.55. The predicted octanol–water partition coefficient (Wildman–Crippen LogP) is 3.29. The van der Waals surface area contributed by atoms with Crippen LogP contribution >= 0.6 is 0 Å². The maximum absolute atomic E-state index is 13.3. The Bertz CT molecular complexity index is 393. The summed E-state index contributed by atoms with van der Waals surface area (Å²) in [6.45, 7) is 3.02. The van der Waals surface area contributed by atoms with E-state index in [0.29, 0.717) is 12.8 Å². The van der Waals surface area contributed by atoms with Gasteiger partial charge in [0.05, 0.1) is 6.20 Å². The molecule has 108 valence electrons. The van der Waals surface area contributed by atoms with Gasteiger partial charge in [-0.05, 0) is 31.7 Å². The molecule has 1 heterocycles. The van der Waals surface area contributed by atoms with Gasteiger partial charge < -0.3 is 5.32 Å². The number of aryl methyl sites for hydroxylation is 1. The van der Waals surface area contributed by atoms with Gasteiger partial charge in [0.15, 0.2) is 0 Å². The van der Waals surface area contributed by atoms with Crippen LogP contribution in [0.15, 0.2) is 12.4 Å². The highest BCUT2D eigenvalue weighted by atomic mass is 19.3. The molecule has 3 nitrogen and oxygen atoms in total. The van der Waals surface area contributed by atoms with E-state index < -0.39 is 5.92 Å². The number of hydrogen-bond donors (Lipinski definition) is 1. The summed E-state index contributed by atoms with van der Waals surface area (Å²) in [6, 6.07) is 0.157. The normalized spacial score (nSPS) is 21.5. The first-order chi connectivity index (χ1) is 9.02. The average molecular weight is 271 g/mol. The smallest absolute Gasteiger partial charge is 0.248 e. The second-order valence-electron chi connectivity index (χ2n) is 5.57. The molecule has 0 saturated heterocycles. The molecule has 19 heavy (non-hydrogen) atoms. The molecule has 1 aromatic rings. The third-order valence-electron chi connectivity index (χ3n) is 3.93. The first-order valence-corrected chi connectivity index (χ1v) is 7.11. The van der Waals surface area contributed by atoms with E-state index in [4.69, 9.17) is 0 Å². The molecule has 2 rings (SSSR count). The number of alkyl halides is 2. The van der Waals surface area contributed by atoms with Gasteiger partial charge in [0.25, 0.3) is 0 Å². The lowest BCUT2D eigenvalue weighted by Gasteiger charge is -2.34. The van der Waals surface area contributed by atoms with Crippen molar-refractivity contribution in [2.24, 2.45) is 13.0 Å². The molecule has 1 unspecified atom stereocenters. The molecular formula is C14H23F2N3. The van der Waals surface area contributed by atoms with Crippen LogP contribution < -0.4 is 5.32 Å². The van der Waals surface area contributed by atoms with E-state index in [9.17, 15) is 8.78 Å². The SMILES string of the molecule is CCCNC(c1cnn(C)c1)C1CCC(F)(F)CC1. The molecular weight excluding hydrogens is 248 g/mol. The van der Waals surface area contributed by atoms with Crippen molar-refractivity contribution in [1.82, 2.24) is 15.1 Å². The summed E-state index contributed by atoms with van der Waals surface area (Å²) in [6.07, 6.45) is 6.08. The van der Waals surface area contributed by atoms with Crippen molar-refractivity contribution in [3.63, 3.8) is 0 Å². The number of aromatic nitrogens is 2. The molecule has 1 aliphatic rings. The Labute approximate surface area is 113 Å². The van der Waals surface area contributed by atoms with E-state index in [0.717, 1.165) is 18.5 Å². The van der Waals surface area contributed by atoms with Crippen LogP contribution in [-0.2, 0) is 7.05 Å². The fourth-order valence-corrected chi connectivity index (χ4v) is 2.85. The third-order valence-corrected chi connectivity index (χ3v) is 3.93. The van der Waals surface area contributed by atoms with Gasteiger partial charge in [0, 0.05) is 37.7 Å². The van der Waals surface area contributed by atoms with E-state index in [-0.39, 0.29) is 24.8 Å². The minimum Gasteiger partial charge on any atom is -0.310 e. The maximum atomic E-state index is 13.3. The minimum absolute atomic E-state index is 0.0161. The van der Waals surface area contributed by atoms with Crippen molar-refractivity contribution in [2.45, 2.75) is 51.0 Å². The summed E-state index contributed by atoms with van der Waals surface area (Å²) in [5, 5.41) is 7.70. The molecule has 0 aliphatic heterocycles. The summed E-state index contributed by atoms with van der Waals surface area (Å²) in [5.74, 6) is -2.17. The monoisotopic (exact) mass is 271 g/mol. The van der Waals surface area contributed by atoms with Crippen LogP contribution in [0.2, 0.25) is 0 Å². The van der Waals surface area contributed by atoms with Crippen molar-refractivity contribution < 1.29 is 8.78 Å². The topological polar surface area (TPSA) is 29.9 Å². The summed E-state index contributed by atoms with van der Waals surface area (Å²) in [7, 11) is 1.88. The molecule has 0 aromatic carbocycles. The van der Waals surface area contributed by atoms with Crippen LogP contribution in [0.3, 0.4) is 0 Å². The van der Waals surface area contributed by atoms with Crippen molar-refractivity contribution >= 4 is 0 Å². The summed E-state index contributed by atoms with van der Waals surface area (Å²) in [4.78, 5) is 0. The van der Waals surface area contributed by atoms with Gasteiger partial charge in [0.2, 0.25) is 5.92 Å². The van der Waals surface area contributed by atoms with Gasteiger partial charge in [0.1, 0.15) is 0 Å². The second kappa shape index (κ2) is 5.99. The lowest BCUT2D eigenvalue weighted by molar-refractivity contribution is -0.0497. The maximum Gasteiger partial charge on any atom is 0.248 e. The van der Waals surface area contributed by atoms with Crippen molar-refractivity contribution in [3.05, 3.63) is 18.0 Å². The number of nitrogens with zero attached hydrogens (tertiary/aromatic N) is 2. The van der Waals surface area contributed by atoms with E-state index in [1.165, 1.54) is 0 Å². The van der Waals surface area contributed by atoms with E-state index >= 15 is 0 Å². The van der Waals surface area contributed by atoms with Gasteiger partial charge in [-0.15, -0.1) is 0 Å². The Morgan fingerprint density at radius 3 is 2.68 bits per heavy atom. The molecule has 1 N–H and O–H groups in total. The number of hydrogen-bond acceptors (Lipinski definition) is 2. The fraction of sp³-hybridized carbons (Fsp3) is 0.786. The molecule has 1 saturated carbocycles. The molecule has 1 atom stereocenters. The number of rotatable bonds is 5. The average Bonchev–Trinajstić information content (AvgIpc) is 2.78. The van der Waals surface area contributed by atoms with Crippen LogP contribution in [0.5, 0.6) is 0 Å². The highest BCUT2D eigenvalue weighted by Gasteiger charge is 2.38. The summed E-state index contributed by atoms with van der Waals surface area (Å²) >= 11 is 0. The highest BCUT2D eigenvalue weighted by Crippen LogP contribution is 2.41. The Morgan fingerprint density at radius 1 is 1.47 bits per heavy atom. The van der Waals surface area contributed by atoms with Crippen LogP contribution in [0, 0.1) is 5.92 Å². The first-order valence-electron chi connectivity index (χ1n) is 7.11. The fourth-order valence-electron chi connectivity index (χ4n) is 2.85. The van der Waals surface area contributed by atoms with E-state index in [2.05, 4.69) is 17.3 Å². The zero-order valence-corrected chi connectivity index (χ0v) is 11.7. The molecule has 1 aliphatic carbocycles. The first kappa shape index (κ1) is 14.4. The van der Waals surface area contributed by atoms with Crippen molar-refractivity contribution in [3.8, 4) is 0 Å². The number of nitrogens with one attached hydrogen (secondary N) is 1. The molecule has 1 fully saturated rings. The Morgan fingerprint density at radius 2 is 2.16 bits per heavy atom. The number of halogens is 2. The Balaban J connectivity index is 2.05. The molecule has 0 amide bonds. The third kappa shape index (κ3) is 3.75. The van der Waals surface area contributed by atoms with Crippen LogP contribution in [-0.4, -0.2) is 22.2 Å².